The van der Waals surface area contributed by atoms with Crippen LogP contribution >= 0.6 is 23.4 Å². The van der Waals surface area contributed by atoms with Gasteiger partial charge in [0.25, 0.3) is 5.91 Å². The maximum absolute atomic E-state index is 12.3. The zero-order valence-corrected chi connectivity index (χ0v) is 14.1. The Balaban J connectivity index is 1.99. The Morgan fingerprint density at radius 2 is 2.24 bits per heavy atom. The Kier molecular flexibility index (Phi) is 5.76. The average molecular weight is 328 g/mol. The molecule has 1 aromatic heterocycles. The molecule has 1 aromatic rings. The maximum atomic E-state index is 12.3. The van der Waals surface area contributed by atoms with E-state index in [2.05, 4.69) is 28.8 Å². The van der Waals surface area contributed by atoms with Crippen LogP contribution in [-0.2, 0) is 0 Å². The highest BCUT2D eigenvalue weighted by molar-refractivity contribution is 8.00. The molecule has 1 aliphatic carbocycles. The van der Waals surface area contributed by atoms with Crippen LogP contribution in [0.2, 0.25) is 5.15 Å². The van der Waals surface area contributed by atoms with Gasteiger partial charge in [-0.25, -0.2) is 4.98 Å². The summed E-state index contributed by atoms with van der Waals surface area (Å²) < 4.78 is 0.232. The lowest BCUT2D eigenvalue weighted by Gasteiger charge is -2.40. The molecule has 0 saturated heterocycles. The number of carbonyl (C=O) groups excluding carboxylic acids is 1. The number of anilines is 1. The highest BCUT2D eigenvalue weighted by Gasteiger charge is 2.36. The molecule has 1 heterocycles. The van der Waals surface area contributed by atoms with Gasteiger partial charge in [-0.1, -0.05) is 24.9 Å². The Labute approximate surface area is 135 Å². The molecule has 0 unspecified atom stereocenters. The van der Waals surface area contributed by atoms with Gasteiger partial charge in [-0.2, -0.15) is 11.8 Å². The quantitative estimate of drug-likeness (QED) is 0.752. The van der Waals surface area contributed by atoms with E-state index >= 15 is 0 Å². The molecule has 0 spiro atoms. The van der Waals surface area contributed by atoms with E-state index in [1.165, 1.54) is 19.3 Å². The molecule has 0 aliphatic heterocycles. The van der Waals surface area contributed by atoms with Gasteiger partial charge in [0.2, 0.25) is 0 Å². The smallest absolute Gasteiger partial charge is 0.251 e. The number of rotatable bonds is 7. The van der Waals surface area contributed by atoms with Crippen LogP contribution in [0.4, 0.5) is 5.82 Å². The Hall–Kier alpha value is -0.940. The summed E-state index contributed by atoms with van der Waals surface area (Å²) in [4.78, 5) is 16.5. The first-order valence-corrected chi connectivity index (χ1v) is 8.93. The average Bonchev–Trinajstić information content (AvgIpc) is 2.43. The minimum atomic E-state index is -0.0841. The molecule has 0 bridgehead atoms. The summed E-state index contributed by atoms with van der Waals surface area (Å²) in [6.07, 6.45) is 6.71. The Morgan fingerprint density at radius 3 is 2.81 bits per heavy atom. The molecule has 21 heavy (non-hydrogen) atoms. The lowest BCUT2D eigenvalue weighted by atomic mass is 9.84. The fraction of sp³-hybridized carbons (Fsp3) is 0.600. The molecule has 0 atom stereocenters. The molecule has 6 heteroatoms. The zero-order valence-electron chi connectivity index (χ0n) is 12.5. The van der Waals surface area contributed by atoms with Crippen molar-refractivity contribution in [3.8, 4) is 0 Å². The highest BCUT2D eigenvalue weighted by atomic mass is 35.5. The zero-order chi connectivity index (χ0) is 15.3. The lowest BCUT2D eigenvalue weighted by molar-refractivity contribution is 0.0944. The summed E-state index contributed by atoms with van der Waals surface area (Å²) in [5.74, 6) is 0.567. The van der Waals surface area contributed by atoms with Crippen LogP contribution in [0, 0.1) is 0 Å². The number of aromatic nitrogens is 1. The molecule has 1 aliphatic rings. The van der Waals surface area contributed by atoms with Crippen LogP contribution < -0.4 is 10.6 Å². The van der Waals surface area contributed by atoms with Gasteiger partial charge in [0.05, 0.1) is 0 Å². The number of nitrogens with zero attached hydrogens (tertiary/aromatic N) is 1. The number of thioether (sulfide) groups is 1. The van der Waals surface area contributed by atoms with Crippen LogP contribution in [-0.4, -0.2) is 35.0 Å². The lowest BCUT2D eigenvalue weighted by Crippen LogP contribution is -2.45. The summed E-state index contributed by atoms with van der Waals surface area (Å²) in [6, 6.07) is 3.37. The maximum Gasteiger partial charge on any atom is 0.251 e. The van der Waals surface area contributed by atoms with Gasteiger partial charge in [0.1, 0.15) is 11.0 Å². The predicted octanol–water partition coefficient (Wildman–Crippen LogP) is 3.57. The molecule has 1 saturated carbocycles. The molecule has 2 rings (SSSR count). The molecule has 2 N–H and O–H groups in total. The van der Waals surface area contributed by atoms with Crippen molar-refractivity contribution in [1.29, 1.82) is 0 Å². The summed E-state index contributed by atoms with van der Waals surface area (Å²) in [7, 11) is 0. The van der Waals surface area contributed by atoms with Crippen LogP contribution in [0.15, 0.2) is 12.1 Å². The minimum Gasteiger partial charge on any atom is -0.370 e. The first-order valence-electron chi connectivity index (χ1n) is 7.33. The summed E-state index contributed by atoms with van der Waals surface area (Å²) in [5, 5.41) is 6.52. The van der Waals surface area contributed by atoms with E-state index in [1.807, 2.05) is 11.8 Å². The summed E-state index contributed by atoms with van der Waals surface area (Å²) in [5.41, 5.74) is 0.559. The van der Waals surface area contributed by atoms with E-state index < -0.39 is 0 Å². The SMILES string of the molecule is CCCNc1cc(C(=O)NCC2(SC)CCC2)cc(Cl)n1. The molecule has 116 valence electrons. The van der Waals surface area contributed by atoms with Crippen molar-refractivity contribution >= 4 is 35.1 Å². The van der Waals surface area contributed by atoms with E-state index in [4.69, 9.17) is 11.6 Å². The second kappa shape index (κ2) is 7.36. The third-order valence-corrected chi connectivity index (χ3v) is 5.49. The number of nitrogens with one attached hydrogen (secondary N) is 2. The van der Waals surface area contributed by atoms with E-state index in [0.717, 1.165) is 13.0 Å². The number of carbonyl (C=O) groups is 1. The van der Waals surface area contributed by atoms with Gasteiger partial charge in [-0.15, -0.1) is 0 Å². The van der Waals surface area contributed by atoms with Crippen molar-refractivity contribution in [2.75, 3.05) is 24.7 Å². The molecule has 1 amide bonds. The van der Waals surface area contributed by atoms with E-state index in [1.54, 1.807) is 12.1 Å². The second-order valence-corrected chi connectivity index (χ2v) is 7.08. The fourth-order valence-electron chi connectivity index (χ4n) is 2.34. The van der Waals surface area contributed by atoms with E-state index in [0.29, 0.717) is 23.1 Å². The molecule has 0 aromatic carbocycles. The standard InChI is InChI=1S/C15H22ClN3OS/c1-3-7-17-13-9-11(8-12(16)19-13)14(20)18-10-15(21-2)5-4-6-15/h8-9H,3-7,10H2,1-2H3,(H,17,19)(H,18,20). The van der Waals surface area contributed by atoms with Crippen molar-refractivity contribution < 1.29 is 4.79 Å². The van der Waals surface area contributed by atoms with Crippen molar-refractivity contribution in [3.05, 3.63) is 22.8 Å². The predicted molar refractivity (Wildman–Crippen MR) is 90.5 cm³/mol. The van der Waals surface area contributed by atoms with Crippen LogP contribution in [0.1, 0.15) is 43.0 Å². The third-order valence-electron chi connectivity index (χ3n) is 3.88. The first-order chi connectivity index (χ1) is 10.1. The number of halogens is 1. The first kappa shape index (κ1) is 16.4. The molecule has 1 fully saturated rings. The van der Waals surface area contributed by atoms with Crippen molar-refractivity contribution in [2.45, 2.75) is 37.4 Å². The normalized spacial score (nSPS) is 16.1. The van der Waals surface area contributed by atoms with Gasteiger partial charge >= 0.3 is 0 Å². The van der Waals surface area contributed by atoms with Gasteiger partial charge in [-0.05, 0) is 37.7 Å². The summed E-state index contributed by atoms with van der Waals surface area (Å²) in [6.45, 7) is 3.60. The van der Waals surface area contributed by atoms with Crippen LogP contribution in [0.3, 0.4) is 0 Å². The van der Waals surface area contributed by atoms with Crippen LogP contribution in [0.25, 0.3) is 0 Å². The number of pyridine rings is 1. The number of amides is 1. The third kappa shape index (κ3) is 4.27. The topological polar surface area (TPSA) is 54.0 Å². The number of hydrogen-bond donors (Lipinski definition) is 2. The molecule has 0 radical (unpaired) electrons. The monoisotopic (exact) mass is 327 g/mol. The van der Waals surface area contributed by atoms with Gasteiger partial charge < -0.3 is 10.6 Å². The van der Waals surface area contributed by atoms with Gasteiger partial charge in [0.15, 0.2) is 0 Å². The van der Waals surface area contributed by atoms with E-state index in [-0.39, 0.29) is 10.7 Å². The Bertz CT molecular complexity index is 500. The fourth-order valence-corrected chi connectivity index (χ4v) is 3.46. The van der Waals surface area contributed by atoms with Crippen molar-refractivity contribution in [3.63, 3.8) is 0 Å². The Morgan fingerprint density at radius 1 is 1.48 bits per heavy atom. The number of hydrogen-bond acceptors (Lipinski definition) is 4. The van der Waals surface area contributed by atoms with E-state index in [9.17, 15) is 4.79 Å². The minimum absolute atomic E-state index is 0.0841. The van der Waals surface area contributed by atoms with Gasteiger partial charge in [-0.3, -0.25) is 4.79 Å². The highest BCUT2D eigenvalue weighted by Crippen LogP contribution is 2.42. The molecular formula is C15H22ClN3OS. The molecular weight excluding hydrogens is 306 g/mol. The molecule has 4 nitrogen and oxygen atoms in total. The summed E-state index contributed by atoms with van der Waals surface area (Å²) >= 11 is 7.84. The van der Waals surface area contributed by atoms with Crippen molar-refractivity contribution in [2.24, 2.45) is 0 Å². The van der Waals surface area contributed by atoms with Gasteiger partial charge in [0, 0.05) is 23.4 Å². The second-order valence-electron chi connectivity index (χ2n) is 5.41. The van der Waals surface area contributed by atoms with Crippen LogP contribution in [0.5, 0.6) is 0 Å². The largest absolute Gasteiger partial charge is 0.370 e. The van der Waals surface area contributed by atoms with Crippen molar-refractivity contribution in [1.82, 2.24) is 10.3 Å².